The van der Waals surface area contributed by atoms with E-state index in [4.69, 9.17) is 0 Å². The summed E-state index contributed by atoms with van der Waals surface area (Å²) in [5.41, 5.74) is 2.78. The van der Waals surface area contributed by atoms with Gasteiger partial charge in [-0.15, -0.1) is 0 Å². The Labute approximate surface area is 109 Å². The van der Waals surface area contributed by atoms with Gasteiger partial charge >= 0.3 is 0 Å². The summed E-state index contributed by atoms with van der Waals surface area (Å²) in [6, 6.07) is 9.86. The molecule has 0 saturated carbocycles. The van der Waals surface area contributed by atoms with Crippen molar-refractivity contribution in [3.05, 3.63) is 29.8 Å². The second-order valence-corrected chi connectivity index (χ2v) is 5.86. The average molecular weight is 250 g/mol. The maximum atomic E-state index is 3.61. The van der Waals surface area contributed by atoms with Gasteiger partial charge in [-0.05, 0) is 38.3 Å². The molecule has 2 unspecified atom stereocenters. The van der Waals surface area contributed by atoms with Crippen LogP contribution in [-0.4, -0.2) is 42.6 Å². The summed E-state index contributed by atoms with van der Waals surface area (Å²) in [5.74, 6) is 1.20. The third-order valence-corrected chi connectivity index (χ3v) is 4.33. The van der Waals surface area contributed by atoms with Crippen LogP contribution in [0.25, 0.3) is 0 Å². The average Bonchev–Trinajstić information content (AvgIpc) is 2.71. The molecule has 1 aliphatic heterocycles. The van der Waals surface area contributed by atoms with E-state index in [0.717, 1.165) is 13.0 Å². The Balaban J connectivity index is 1.87. The number of benzene rings is 1. The van der Waals surface area contributed by atoms with E-state index in [1.165, 1.54) is 17.0 Å². The molecule has 0 radical (unpaired) electrons. The number of hydrogen-bond donors (Lipinski definition) is 1. The number of thioether (sulfide) groups is 1. The molecule has 0 aliphatic carbocycles. The largest absolute Gasteiger partial charge is 0.380 e. The van der Waals surface area contributed by atoms with E-state index >= 15 is 0 Å². The summed E-state index contributed by atoms with van der Waals surface area (Å²) in [7, 11) is 2.23. The van der Waals surface area contributed by atoms with Crippen molar-refractivity contribution in [3.63, 3.8) is 0 Å². The lowest BCUT2D eigenvalue weighted by atomic mass is 10.1. The highest BCUT2D eigenvalue weighted by Gasteiger charge is 2.22. The minimum absolute atomic E-state index is 0.571. The van der Waals surface area contributed by atoms with E-state index in [1.54, 1.807) is 0 Å². The zero-order valence-corrected chi connectivity index (χ0v) is 11.8. The first-order valence-electron chi connectivity index (χ1n) is 6.24. The van der Waals surface area contributed by atoms with Gasteiger partial charge in [0.05, 0.1) is 0 Å². The second-order valence-electron chi connectivity index (χ2n) is 4.95. The zero-order chi connectivity index (χ0) is 12.3. The molecule has 3 heteroatoms. The number of fused-ring (bicyclic) bond motifs is 1. The van der Waals surface area contributed by atoms with Crippen LogP contribution >= 0.6 is 11.8 Å². The molecular weight excluding hydrogens is 228 g/mol. The fourth-order valence-corrected chi connectivity index (χ4v) is 3.12. The first-order valence-corrected chi connectivity index (χ1v) is 7.63. The fourth-order valence-electron chi connectivity index (χ4n) is 2.38. The lowest BCUT2D eigenvalue weighted by molar-refractivity contribution is 0.267. The molecular formula is C14H22N2S. The molecule has 0 saturated heterocycles. The van der Waals surface area contributed by atoms with E-state index in [-0.39, 0.29) is 0 Å². The second kappa shape index (κ2) is 5.78. The molecule has 1 heterocycles. The molecule has 94 valence electrons. The van der Waals surface area contributed by atoms with Gasteiger partial charge in [0.2, 0.25) is 0 Å². The van der Waals surface area contributed by atoms with Gasteiger partial charge in [-0.3, -0.25) is 0 Å². The molecule has 17 heavy (non-hydrogen) atoms. The van der Waals surface area contributed by atoms with Crippen molar-refractivity contribution >= 4 is 17.4 Å². The van der Waals surface area contributed by atoms with Gasteiger partial charge in [0, 0.05) is 30.1 Å². The van der Waals surface area contributed by atoms with Crippen LogP contribution < -0.4 is 5.32 Å². The topological polar surface area (TPSA) is 15.3 Å². The molecule has 0 aromatic heterocycles. The number of nitrogens with one attached hydrogen (secondary N) is 1. The predicted octanol–water partition coefficient (Wildman–Crippen LogP) is 2.71. The first kappa shape index (κ1) is 12.8. The van der Waals surface area contributed by atoms with E-state index in [9.17, 15) is 0 Å². The highest BCUT2D eigenvalue weighted by Crippen LogP contribution is 2.25. The fraction of sp³-hybridized carbons (Fsp3) is 0.571. The molecule has 2 atom stereocenters. The Hall–Kier alpha value is -0.670. The Morgan fingerprint density at radius 2 is 2.24 bits per heavy atom. The summed E-state index contributed by atoms with van der Waals surface area (Å²) in [6.07, 6.45) is 3.33. The molecule has 1 aromatic carbocycles. The van der Waals surface area contributed by atoms with Crippen molar-refractivity contribution in [2.24, 2.45) is 0 Å². The standard InChI is InChI=1S/C14H22N2S/c1-11(10-17-3)16(2)9-13-8-12-6-4-5-7-14(12)15-13/h4-7,11,13,15H,8-10H2,1-3H3. The van der Waals surface area contributed by atoms with Crippen molar-refractivity contribution in [1.29, 1.82) is 0 Å². The highest BCUT2D eigenvalue weighted by molar-refractivity contribution is 7.98. The molecule has 0 amide bonds. The Morgan fingerprint density at radius 1 is 1.47 bits per heavy atom. The molecule has 0 fully saturated rings. The number of para-hydroxylation sites is 1. The summed E-state index contributed by atoms with van der Waals surface area (Å²) >= 11 is 1.92. The third-order valence-electron chi connectivity index (χ3n) is 3.51. The first-order chi connectivity index (χ1) is 8.20. The van der Waals surface area contributed by atoms with Gasteiger partial charge in [0.15, 0.2) is 0 Å². The van der Waals surface area contributed by atoms with Crippen LogP contribution in [0.15, 0.2) is 24.3 Å². The van der Waals surface area contributed by atoms with Gasteiger partial charge in [-0.2, -0.15) is 11.8 Å². The Morgan fingerprint density at radius 3 is 2.94 bits per heavy atom. The Kier molecular flexibility index (Phi) is 4.35. The minimum atomic E-state index is 0.571. The number of likely N-dealkylation sites (N-methyl/N-ethyl adjacent to an activating group) is 1. The molecule has 1 aliphatic rings. The Bertz CT molecular complexity index is 342. The molecule has 1 N–H and O–H groups in total. The summed E-state index contributed by atoms with van der Waals surface area (Å²) in [4.78, 5) is 2.46. The van der Waals surface area contributed by atoms with Crippen molar-refractivity contribution in [2.45, 2.75) is 25.4 Å². The van der Waals surface area contributed by atoms with E-state index in [1.807, 2.05) is 11.8 Å². The minimum Gasteiger partial charge on any atom is -0.380 e. The predicted molar refractivity (Wildman–Crippen MR) is 78.0 cm³/mol. The van der Waals surface area contributed by atoms with Crippen LogP contribution in [-0.2, 0) is 6.42 Å². The molecule has 0 bridgehead atoms. The maximum Gasteiger partial charge on any atom is 0.0429 e. The van der Waals surface area contributed by atoms with Crippen LogP contribution in [0.5, 0.6) is 0 Å². The smallest absolute Gasteiger partial charge is 0.0429 e. The number of hydrogen-bond acceptors (Lipinski definition) is 3. The van der Waals surface area contributed by atoms with Crippen LogP contribution in [0.2, 0.25) is 0 Å². The van der Waals surface area contributed by atoms with Crippen LogP contribution in [0.4, 0.5) is 5.69 Å². The van der Waals surface area contributed by atoms with Crippen LogP contribution in [0.3, 0.4) is 0 Å². The van der Waals surface area contributed by atoms with Crippen molar-refractivity contribution < 1.29 is 0 Å². The van der Waals surface area contributed by atoms with E-state index in [0.29, 0.717) is 12.1 Å². The van der Waals surface area contributed by atoms with Gasteiger partial charge in [0.25, 0.3) is 0 Å². The molecule has 2 nitrogen and oxygen atoms in total. The van der Waals surface area contributed by atoms with Crippen molar-refractivity contribution in [3.8, 4) is 0 Å². The quantitative estimate of drug-likeness (QED) is 0.865. The summed E-state index contributed by atoms with van der Waals surface area (Å²) in [6.45, 7) is 3.43. The van der Waals surface area contributed by atoms with Crippen LogP contribution in [0, 0.1) is 0 Å². The molecule has 0 spiro atoms. The maximum absolute atomic E-state index is 3.61. The van der Waals surface area contributed by atoms with E-state index < -0.39 is 0 Å². The number of rotatable bonds is 5. The lowest BCUT2D eigenvalue weighted by Gasteiger charge is -2.27. The summed E-state index contributed by atoms with van der Waals surface area (Å²) < 4.78 is 0. The zero-order valence-electron chi connectivity index (χ0n) is 10.9. The highest BCUT2D eigenvalue weighted by atomic mass is 32.2. The van der Waals surface area contributed by atoms with Crippen molar-refractivity contribution in [2.75, 3.05) is 30.9 Å². The van der Waals surface area contributed by atoms with E-state index in [2.05, 4.69) is 54.7 Å². The third kappa shape index (κ3) is 3.17. The number of anilines is 1. The van der Waals surface area contributed by atoms with Crippen molar-refractivity contribution in [1.82, 2.24) is 4.90 Å². The van der Waals surface area contributed by atoms with Gasteiger partial charge in [0.1, 0.15) is 0 Å². The summed E-state index contributed by atoms with van der Waals surface area (Å²) in [5, 5.41) is 3.61. The number of nitrogens with zero attached hydrogens (tertiary/aromatic N) is 1. The normalized spacial score (nSPS) is 20.1. The SMILES string of the molecule is CSCC(C)N(C)CC1Cc2ccccc2N1. The lowest BCUT2D eigenvalue weighted by Crippen LogP contribution is -2.39. The van der Waals surface area contributed by atoms with Gasteiger partial charge < -0.3 is 10.2 Å². The van der Waals surface area contributed by atoms with Crippen LogP contribution in [0.1, 0.15) is 12.5 Å². The van der Waals surface area contributed by atoms with Gasteiger partial charge in [-0.25, -0.2) is 0 Å². The van der Waals surface area contributed by atoms with Gasteiger partial charge in [-0.1, -0.05) is 18.2 Å². The molecule has 2 rings (SSSR count). The monoisotopic (exact) mass is 250 g/mol. The molecule has 1 aromatic rings.